The van der Waals surface area contributed by atoms with Gasteiger partial charge < -0.3 is 23.9 Å². The number of carbonyl (C=O) groups excluding carboxylic acids is 1. The minimum absolute atomic E-state index is 0.0517. The van der Waals surface area contributed by atoms with Crippen LogP contribution in [0.3, 0.4) is 0 Å². The van der Waals surface area contributed by atoms with Gasteiger partial charge in [0, 0.05) is 52.3 Å². The van der Waals surface area contributed by atoms with Gasteiger partial charge in [0.05, 0.1) is 46.3 Å². The highest BCUT2D eigenvalue weighted by molar-refractivity contribution is 6.35. The molecule has 0 saturated heterocycles. The molecule has 0 radical (unpaired) electrons. The van der Waals surface area contributed by atoms with Gasteiger partial charge in [0.25, 0.3) is 5.91 Å². The average molecular weight is 829 g/mol. The summed E-state index contributed by atoms with van der Waals surface area (Å²) in [6, 6.07) is 20.2. The Labute approximate surface area is 352 Å². The highest BCUT2D eigenvalue weighted by Crippen LogP contribution is 2.46. The number of ether oxygens (including phenoxy) is 1. The summed E-state index contributed by atoms with van der Waals surface area (Å²) < 4.78 is 11.9. The van der Waals surface area contributed by atoms with Crippen molar-refractivity contribution in [2.75, 3.05) is 18.1 Å². The Morgan fingerprint density at radius 1 is 1.00 bits per heavy atom. The number of aromatic nitrogens is 5. The van der Waals surface area contributed by atoms with Gasteiger partial charge in [-0.2, -0.15) is 10.4 Å². The fourth-order valence-corrected chi connectivity index (χ4v) is 9.17. The summed E-state index contributed by atoms with van der Waals surface area (Å²) in [5.41, 5.74) is 10.6. The van der Waals surface area contributed by atoms with Gasteiger partial charge in [-0.25, -0.2) is 9.78 Å². The van der Waals surface area contributed by atoms with Crippen LogP contribution in [0.1, 0.15) is 85.4 Å². The third-order valence-electron chi connectivity index (χ3n) is 11.4. The molecule has 0 fully saturated rings. The van der Waals surface area contributed by atoms with E-state index in [0.717, 1.165) is 66.4 Å². The van der Waals surface area contributed by atoms with Gasteiger partial charge >= 0.3 is 5.97 Å². The number of carbonyl (C=O) groups is 2. The maximum absolute atomic E-state index is 15.5. The number of aromatic carboxylic acids is 1. The predicted octanol–water partition coefficient (Wildman–Crippen LogP) is 10.1. The predicted molar refractivity (Wildman–Crippen MR) is 231 cm³/mol. The van der Waals surface area contributed by atoms with E-state index in [2.05, 4.69) is 22.5 Å². The van der Waals surface area contributed by atoms with Crippen molar-refractivity contribution in [1.82, 2.24) is 23.9 Å². The van der Waals surface area contributed by atoms with Crippen LogP contribution < -0.4 is 9.64 Å². The number of carboxylic acids is 1. The molecule has 0 saturated carbocycles. The molecular weight excluding hydrogens is 785 g/mol. The number of nitrogens with zero attached hydrogens (tertiary/aromatic N) is 7. The fraction of sp³-hybridized carbons (Fsp3) is 0.283. The minimum atomic E-state index is -1.11. The van der Waals surface area contributed by atoms with Gasteiger partial charge in [0.15, 0.2) is 0 Å². The summed E-state index contributed by atoms with van der Waals surface area (Å²) in [5.74, 6) is -0.581. The molecule has 1 aliphatic heterocycles. The van der Waals surface area contributed by atoms with E-state index in [-0.39, 0.29) is 29.9 Å². The lowest BCUT2D eigenvalue weighted by atomic mass is 9.98. The maximum atomic E-state index is 15.5. The summed E-state index contributed by atoms with van der Waals surface area (Å²) >= 11 is 13.6. The summed E-state index contributed by atoms with van der Waals surface area (Å²) in [7, 11) is 1.91. The van der Waals surface area contributed by atoms with Crippen LogP contribution in [0, 0.1) is 45.9 Å². The van der Waals surface area contributed by atoms with E-state index >= 15 is 4.79 Å². The number of hydrogen-bond acceptors (Lipinski definition) is 6. The smallest absolute Gasteiger partial charge is 0.352 e. The first kappa shape index (κ1) is 39.7. The Hall–Kier alpha value is -6.09. The van der Waals surface area contributed by atoms with E-state index in [1.165, 1.54) is 0 Å². The highest BCUT2D eigenvalue weighted by Gasteiger charge is 2.38. The molecule has 5 heterocycles. The molecule has 4 aromatic heterocycles. The van der Waals surface area contributed by atoms with Gasteiger partial charge in [-0.05, 0) is 125 Å². The molecule has 0 spiro atoms. The quantitative estimate of drug-likeness (QED) is 0.136. The van der Waals surface area contributed by atoms with E-state index < -0.39 is 5.97 Å². The van der Waals surface area contributed by atoms with Gasteiger partial charge in [-0.1, -0.05) is 35.3 Å². The zero-order valence-corrected chi connectivity index (χ0v) is 35.5. The van der Waals surface area contributed by atoms with Crippen molar-refractivity contribution in [2.45, 2.75) is 67.0 Å². The number of carboxylic acid groups (broad SMARTS) is 1. The Kier molecular flexibility index (Phi) is 10.3. The van der Waals surface area contributed by atoms with E-state index in [9.17, 15) is 15.2 Å². The standard InChI is InChI=1S/C46H43Cl2N7O4/c1-24-16-30-20-38(46(57)58)53(23-32-11-8-10-31(21-49)50-32)42(30)37(17-24)54-22-27(4)55-43-35(13-14-36(47)40(43)39-28(5)51-52(7)29(39)6)34(44(55)45(54)56)12-9-15-59-33-18-25(2)41(48)26(3)19-33/h8,10-11,13-14,16-20,27H,9,12,15,22-23H2,1-7H3,(H,57,58)/t27-/m1/s1. The molecule has 1 atom stereocenters. The molecule has 1 aliphatic rings. The molecule has 0 aliphatic carbocycles. The lowest BCUT2D eigenvalue weighted by molar-refractivity contribution is 0.0686. The number of benzene rings is 3. The Morgan fingerprint density at radius 2 is 1.75 bits per heavy atom. The third kappa shape index (κ3) is 6.80. The topological polar surface area (TPSA) is 131 Å². The number of aryl methyl sites for hydroxylation is 6. The van der Waals surface area contributed by atoms with Crippen molar-refractivity contribution in [3.8, 4) is 22.9 Å². The van der Waals surface area contributed by atoms with Crippen LogP contribution in [0.2, 0.25) is 10.0 Å². The zero-order valence-electron chi connectivity index (χ0n) is 33.9. The van der Waals surface area contributed by atoms with Crippen molar-refractivity contribution in [1.29, 1.82) is 5.26 Å². The number of rotatable bonds is 10. The first-order chi connectivity index (χ1) is 28.2. The van der Waals surface area contributed by atoms with Crippen LogP contribution >= 0.6 is 23.2 Å². The Bertz CT molecular complexity index is 2910. The summed E-state index contributed by atoms with van der Waals surface area (Å²) in [4.78, 5) is 34.5. The van der Waals surface area contributed by atoms with Crippen molar-refractivity contribution in [3.63, 3.8) is 0 Å². The minimum Gasteiger partial charge on any atom is -0.494 e. The molecule has 0 unspecified atom stereocenters. The monoisotopic (exact) mass is 827 g/mol. The maximum Gasteiger partial charge on any atom is 0.352 e. The molecule has 0 bridgehead atoms. The largest absolute Gasteiger partial charge is 0.494 e. The van der Waals surface area contributed by atoms with Crippen LogP contribution in [0.4, 0.5) is 5.69 Å². The second-order valence-corrected chi connectivity index (χ2v) is 16.3. The van der Waals surface area contributed by atoms with Crippen LogP contribution in [-0.2, 0) is 20.0 Å². The Balaban J connectivity index is 1.30. The second kappa shape index (κ2) is 15.3. The van der Waals surface area contributed by atoms with Crippen molar-refractivity contribution in [2.24, 2.45) is 7.05 Å². The number of pyridine rings is 1. The molecule has 3 aromatic carbocycles. The zero-order chi connectivity index (χ0) is 42.0. The molecule has 1 amide bonds. The van der Waals surface area contributed by atoms with Crippen LogP contribution in [0.15, 0.2) is 60.7 Å². The molecule has 8 rings (SSSR count). The normalized spacial score (nSPS) is 14.0. The molecule has 1 N–H and O–H groups in total. The van der Waals surface area contributed by atoms with Gasteiger partial charge in [0.2, 0.25) is 0 Å². The molecule has 300 valence electrons. The average Bonchev–Trinajstić information content (AvgIpc) is 3.81. The van der Waals surface area contributed by atoms with Gasteiger partial charge in [0.1, 0.15) is 28.9 Å². The van der Waals surface area contributed by atoms with Gasteiger partial charge in [-0.3, -0.25) is 9.48 Å². The van der Waals surface area contributed by atoms with Crippen LogP contribution in [-0.4, -0.2) is 54.0 Å². The number of nitriles is 1. The van der Waals surface area contributed by atoms with Gasteiger partial charge in [-0.15, -0.1) is 0 Å². The molecule has 7 aromatic rings. The summed E-state index contributed by atoms with van der Waals surface area (Å²) in [5, 5.41) is 27.6. The van der Waals surface area contributed by atoms with Crippen molar-refractivity contribution in [3.05, 3.63) is 127 Å². The first-order valence-corrected chi connectivity index (χ1v) is 20.2. The Morgan fingerprint density at radius 3 is 2.42 bits per heavy atom. The molecular formula is C46H43Cl2N7O4. The third-order valence-corrected chi connectivity index (χ3v) is 12.3. The summed E-state index contributed by atoms with van der Waals surface area (Å²) in [6.45, 7) is 12.7. The second-order valence-electron chi connectivity index (χ2n) is 15.5. The lowest BCUT2D eigenvalue weighted by Gasteiger charge is -2.35. The molecule has 59 heavy (non-hydrogen) atoms. The SMILES string of the molecule is Cc1cc(N2C[C@@H](C)n3c(c(CCCOc4cc(C)c(Cl)c(C)c4)c4ccc(Cl)c(-c5c(C)nn(C)c5C)c43)C2=O)c2c(c1)cc(C(=O)O)n2Cc1cccc(C#N)n1. The van der Waals surface area contributed by atoms with Crippen molar-refractivity contribution >= 4 is 62.6 Å². The van der Waals surface area contributed by atoms with E-state index in [0.29, 0.717) is 59.0 Å². The van der Waals surface area contributed by atoms with Crippen LogP contribution in [0.5, 0.6) is 5.75 Å². The van der Waals surface area contributed by atoms with E-state index in [1.54, 1.807) is 33.7 Å². The number of hydrogen-bond donors (Lipinski definition) is 1. The van der Waals surface area contributed by atoms with E-state index in [4.69, 9.17) is 33.0 Å². The lowest BCUT2D eigenvalue weighted by Crippen LogP contribution is -2.43. The number of amides is 1. The molecule has 11 nitrogen and oxygen atoms in total. The first-order valence-electron chi connectivity index (χ1n) is 19.5. The van der Waals surface area contributed by atoms with Crippen LogP contribution in [0.25, 0.3) is 32.9 Å². The highest BCUT2D eigenvalue weighted by atomic mass is 35.5. The number of halogens is 2. The van der Waals surface area contributed by atoms with Crippen molar-refractivity contribution < 1.29 is 19.4 Å². The summed E-state index contributed by atoms with van der Waals surface area (Å²) in [6.07, 6.45) is 1.15. The van der Waals surface area contributed by atoms with E-state index in [1.807, 2.05) is 82.7 Å². The molecule has 13 heteroatoms. The fourth-order valence-electron chi connectivity index (χ4n) is 8.81. The number of fused-ring (bicyclic) bond motifs is 4. The number of anilines is 1.